The molecule has 33 heavy (non-hydrogen) atoms. The lowest BCUT2D eigenvalue weighted by atomic mass is 10.0. The predicted molar refractivity (Wildman–Crippen MR) is 128 cm³/mol. The van der Waals surface area contributed by atoms with E-state index >= 15 is 0 Å². The lowest BCUT2D eigenvalue weighted by molar-refractivity contribution is -0.143. The summed E-state index contributed by atoms with van der Waals surface area (Å²) in [6.45, 7) is 5.47. The zero-order chi connectivity index (χ0) is 23.0. The summed E-state index contributed by atoms with van der Waals surface area (Å²) in [6, 6.07) is 11.0. The molecule has 1 aromatic carbocycles. The number of likely N-dealkylation sites (tertiary alicyclic amines) is 1. The summed E-state index contributed by atoms with van der Waals surface area (Å²) in [5.74, 6) is -0.209. The van der Waals surface area contributed by atoms with Gasteiger partial charge >= 0.3 is 5.97 Å². The van der Waals surface area contributed by atoms with Crippen molar-refractivity contribution >= 4 is 11.7 Å². The van der Waals surface area contributed by atoms with Crippen LogP contribution in [-0.4, -0.2) is 59.9 Å². The zero-order valence-electron chi connectivity index (χ0n) is 19.5. The maximum absolute atomic E-state index is 12.1. The SMILES string of the molecule is CCOc1ccccc1C(C(=O)O)N1CC[C@@H](OCCCCc2ccc3c(n2)CCCN3)C1. The minimum absolute atomic E-state index is 0.0686. The van der Waals surface area contributed by atoms with Gasteiger partial charge < -0.3 is 19.9 Å². The topological polar surface area (TPSA) is 83.9 Å². The van der Waals surface area contributed by atoms with Crippen molar-refractivity contribution in [3.05, 3.63) is 53.3 Å². The second-order valence-electron chi connectivity index (χ2n) is 8.77. The summed E-state index contributed by atoms with van der Waals surface area (Å²) in [6.07, 6.45) is 6.10. The number of unbranched alkanes of at least 4 members (excludes halogenated alkanes) is 1. The molecule has 4 rings (SSSR count). The number of para-hydroxylation sites is 1. The van der Waals surface area contributed by atoms with Crippen LogP contribution >= 0.6 is 0 Å². The van der Waals surface area contributed by atoms with E-state index in [0.29, 0.717) is 37.6 Å². The van der Waals surface area contributed by atoms with Crippen LogP contribution in [0.1, 0.15) is 55.6 Å². The number of rotatable bonds is 11. The average molecular weight is 454 g/mol. The molecule has 2 aliphatic heterocycles. The Morgan fingerprint density at radius 1 is 1.27 bits per heavy atom. The molecule has 0 bridgehead atoms. The molecule has 7 heteroatoms. The summed E-state index contributed by atoms with van der Waals surface area (Å²) in [5.41, 5.74) is 4.24. The molecule has 2 aliphatic rings. The van der Waals surface area contributed by atoms with E-state index in [4.69, 9.17) is 14.5 Å². The Kier molecular flexibility index (Phi) is 8.18. The fraction of sp³-hybridized carbons (Fsp3) is 0.538. The Hall–Kier alpha value is -2.64. The molecule has 2 atom stereocenters. The van der Waals surface area contributed by atoms with Crippen LogP contribution in [0.25, 0.3) is 0 Å². The van der Waals surface area contributed by atoms with Gasteiger partial charge in [-0.1, -0.05) is 18.2 Å². The van der Waals surface area contributed by atoms with Gasteiger partial charge in [0.2, 0.25) is 0 Å². The van der Waals surface area contributed by atoms with Crippen molar-refractivity contribution in [1.29, 1.82) is 0 Å². The number of anilines is 1. The first kappa shape index (κ1) is 23.5. The number of aliphatic carboxylic acids is 1. The van der Waals surface area contributed by atoms with Crippen molar-refractivity contribution in [3.8, 4) is 5.75 Å². The number of aromatic nitrogens is 1. The molecule has 1 saturated heterocycles. The van der Waals surface area contributed by atoms with Gasteiger partial charge in [-0.15, -0.1) is 0 Å². The van der Waals surface area contributed by atoms with Gasteiger partial charge in [0.25, 0.3) is 0 Å². The van der Waals surface area contributed by atoms with Crippen molar-refractivity contribution in [2.75, 3.05) is 38.2 Å². The Balaban J connectivity index is 1.23. The highest BCUT2D eigenvalue weighted by molar-refractivity contribution is 5.76. The summed E-state index contributed by atoms with van der Waals surface area (Å²) in [7, 11) is 0. The first-order valence-electron chi connectivity index (χ1n) is 12.2. The minimum Gasteiger partial charge on any atom is -0.494 e. The van der Waals surface area contributed by atoms with Crippen molar-refractivity contribution in [1.82, 2.24) is 9.88 Å². The standard InChI is InChI=1S/C26H35N3O4/c1-2-32-24-11-4-3-9-21(24)25(26(30)31)29-16-14-20(18-29)33-17-6-5-8-19-12-13-22-23(28-19)10-7-15-27-22/h3-4,9,11-13,20,25,27H,2,5-8,10,14-18H2,1H3,(H,30,31)/t20-,25?/m1/s1. The highest BCUT2D eigenvalue weighted by Crippen LogP contribution is 2.32. The van der Waals surface area contributed by atoms with E-state index in [1.54, 1.807) is 0 Å². The first-order valence-corrected chi connectivity index (χ1v) is 12.2. The molecule has 178 valence electrons. The Bertz CT molecular complexity index is 936. The number of carboxylic acid groups (broad SMARTS) is 1. The monoisotopic (exact) mass is 453 g/mol. The van der Waals surface area contributed by atoms with Crippen molar-refractivity contribution in [2.24, 2.45) is 0 Å². The summed E-state index contributed by atoms with van der Waals surface area (Å²) in [4.78, 5) is 18.9. The van der Waals surface area contributed by atoms with Gasteiger partial charge in [0, 0.05) is 37.5 Å². The fourth-order valence-electron chi connectivity index (χ4n) is 4.78. The molecule has 2 N–H and O–H groups in total. The van der Waals surface area contributed by atoms with Crippen LogP contribution in [0, 0.1) is 0 Å². The van der Waals surface area contributed by atoms with Crippen LogP contribution in [0.5, 0.6) is 5.75 Å². The van der Waals surface area contributed by atoms with Gasteiger partial charge in [-0.05, 0) is 63.6 Å². The quantitative estimate of drug-likeness (QED) is 0.496. The number of fused-ring (bicyclic) bond motifs is 1. The van der Waals surface area contributed by atoms with Crippen LogP contribution in [0.3, 0.4) is 0 Å². The van der Waals surface area contributed by atoms with Crippen molar-refractivity contribution < 1.29 is 19.4 Å². The Labute approximate surface area is 196 Å². The number of nitrogens with zero attached hydrogens (tertiary/aromatic N) is 2. The molecule has 0 aliphatic carbocycles. The van der Waals surface area contributed by atoms with E-state index in [2.05, 4.69) is 17.4 Å². The summed E-state index contributed by atoms with van der Waals surface area (Å²) >= 11 is 0. The normalized spacial score (nSPS) is 19.0. The maximum atomic E-state index is 12.1. The number of hydrogen-bond donors (Lipinski definition) is 2. The molecular formula is C26H35N3O4. The van der Waals surface area contributed by atoms with Crippen LogP contribution in [0.2, 0.25) is 0 Å². The van der Waals surface area contributed by atoms with E-state index in [-0.39, 0.29) is 6.10 Å². The smallest absolute Gasteiger partial charge is 0.325 e. The third-order valence-electron chi connectivity index (χ3n) is 6.41. The summed E-state index contributed by atoms with van der Waals surface area (Å²) < 4.78 is 11.8. The molecule has 1 unspecified atom stereocenters. The molecule has 2 aromatic rings. The molecular weight excluding hydrogens is 418 g/mol. The van der Waals surface area contributed by atoms with Crippen LogP contribution in [-0.2, 0) is 22.4 Å². The van der Waals surface area contributed by atoms with Crippen LogP contribution in [0.4, 0.5) is 5.69 Å². The first-order chi connectivity index (χ1) is 16.2. The predicted octanol–water partition coefficient (Wildman–Crippen LogP) is 4.08. The second kappa shape index (κ2) is 11.5. The van der Waals surface area contributed by atoms with E-state index in [1.165, 1.54) is 11.4 Å². The zero-order valence-corrected chi connectivity index (χ0v) is 19.5. The fourth-order valence-corrected chi connectivity index (χ4v) is 4.78. The molecule has 0 amide bonds. The number of carbonyl (C=O) groups is 1. The molecule has 0 spiro atoms. The molecule has 0 saturated carbocycles. The molecule has 0 radical (unpaired) electrons. The van der Waals surface area contributed by atoms with Gasteiger partial charge in [0.05, 0.1) is 24.1 Å². The van der Waals surface area contributed by atoms with Crippen LogP contribution < -0.4 is 10.1 Å². The maximum Gasteiger partial charge on any atom is 0.325 e. The number of pyridine rings is 1. The molecule has 7 nitrogen and oxygen atoms in total. The molecule has 1 aromatic heterocycles. The number of carboxylic acids is 1. The van der Waals surface area contributed by atoms with Gasteiger partial charge in [0.15, 0.2) is 0 Å². The third kappa shape index (κ3) is 6.03. The second-order valence-corrected chi connectivity index (χ2v) is 8.77. The number of nitrogens with one attached hydrogen (secondary N) is 1. The average Bonchev–Trinajstić information content (AvgIpc) is 3.28. The van der Waals surface area contributed by atoms with Crippen molar-refractivity contribution in [2.45, 2.75) is 57.6 Å². The van der Waals surface area contributed by atoms with Crippen LogP contribution in [0.15, 0.2) is 36.4 Å². The Morgan fingerprint density at radius 2 is 2.15 bits per heavy atom. The third-order valence-corrected chi connectivity index (χ3v) is 6.41. The number of hydrogen-bond acceptors (Lipinski definition) is 6. The van der Waals surface area contributed by atoms with E-state index < -0.39 is 12.0 Å². The lowest BCUT2D eigenvalue weighted by Gasteiger charge is -2.26. The highest BCUT2D eigenvalue weighted by atomic mass is 16.5. The highest BCUT2D eigenvalue weighted by Gasteiger charge is 2.35. The Morgan fingerprint density at radius 3 is 3.00 bits per heavy atom. The summed E-state index contributed by atoms with van der Waals surface area (Å²) in [5, 5.41) is 13.4. The van der Waals surface area contributed by atoms with Gasteiger partial charge in [0.1, 0.15) is 11.8 Å². The van der Waals surface area contributed by atoms with Crippen molar-refractivity contribution in [3.63, 3.8) is 0 Å². The number of aryl methyl sites for hydroxylation is 2. The number of ether oxygens (including phenoxy) is 2. The van der Waals surface area contributed by atoms with E-state index in [0.717, 1.165) is 50.8 Å². The molecule has 3 heterocycles. The number of benzene rings is 1. The van der Waals surface area contributed by atoms with E-state index in [9.17, 15) is 9.90 Å². The molecule has 1 fully saturated rings. The van der Waals surface area contributed by atoms with E-state index in [1.807, 2.05) is 36.1 Å². The minimum atomic E-state index is -0.851. The lowest BCUT2D eigenvalue weighted by Crippen LogP contribution is -2.33. The van der Waals surface area contributed by atoms with Gasteiger partial charge in [-0.25, -0.2) is 0 Å². The largest absolute Gasteiger partial charge is 0.494 e. The van der Waals surface area contributed by atoms with Gasteiger partial charge in [-0.3, -0.25) is 14.7 Å². The van der Waals surface area contributed by atoms with Gasteiger partial charge in [-0.2, -0.15) is 0 Å².